The molecule has 110 valence electrons. The molecule has 2 aromatic rings. The van der Waals surface area contributed by atoms with E-state index in [1.807, 2.05) is 6.92 Å². The molecule has 6 heteroatoms. The van der Waals surface area contributed by atoms with Crippen LogP contribution in [0.15, 0.2) is 23.3 Å². The normalized spacial score (nSPS) is 17.0. The van der Waals surface area contributed by atoms with Gasteiger partial charge in [-0.15, -0.1) is 0 Å². The van der Waals surface area contributed by atoms with E-state index in [0.29, 0.717) is 40.6 Å². The SMILES string of the molecule is CCn1cnc2c(c1=O)C[C@H](c1c(O)ccc(Cl)c1Cl)C2. The van der Waals surface area contributed by atoms with Gasteiger partial charge < -0.3 is 5.11 Å². The Morgan fingerprint density at radius 2 is 2.14 bits per heavy atom. The Labute approximate surface area is 132 Å². The highest BCUT2D eigenvalue weighted by atomic mass is 35.5. The average molecular weight is 325 g/mol. The van der Waals surface area contributed by atoms with Gasteiger partial charge in [-0.05, 0) is 37.8 Å². The lowest BCUT2D eigenvalue weighted by molar-refractivity contribution is 0.461. The Bertz CT molecular complexity index is 771. The molecule has 0 unspecified atom stereocenters. The number of aryl methyl sites for hydroxylation is 1. The maximum absolute atomic E-state index is 12.3. The molecule has 0 bridgehead atoms. The van der Waals surface area contributed by atoms with E-state index in [1.165, 1.54) is 6.07 Å². The van der Waals surface area contributed by atoms with Crippen LogP contribution in [0.3, 0.4) is 0 Å². The Hall–Kier alpha value is -1.52. The molecule has 0 radical (unpaired) electrons. The molecule has 1 aliphatic carbocycles. The van der Waals surface area contributed by atoms with Crippen molar-refractivity contribution in [3.63, 3.8) is 0 Å². The lowest BCUT2D eigenvalue weighted by Gasteiger charge is -2.14. The second-order valence-electron chi connectivity index (χ2n) is 5.16. The van der Waals surface area contributed by atoms with E-state index >= 15 is 0 Å². The standard InChI is InChI=1S/C15H14Cl2N2O2/c1-2-19-7-18-11-6-8(5-9(11)15(19)21)13-12(20)4-3-10(16)14(13)17/h3-4,7-8,20H,2,5-6H2,1H3/t8-/m0/s1. The minimum atomic E-state index is -0.0703. The predicted molar refractivity (Wildman–Crippen MR) is 82.4 cm³/mol. The number of aromatic hydroxyl groups is 1. The van der Waals surface area contributed by atoms with Gasteiger partial charge in [0.05, 0.1) is 22.1 Å². The van der Waals surface area contributed by atoms with Crippen molar-refractivity contribution in [1.29, 1.82) is 0 Å². The van der Waals surface area contributed by atoms with Gasteiger partial charge in [0.15, 0.2) is 0 Å². The zero-order valence-electron chi connectivity index (χ0n) is 11.4. The first-order chi connectivity index (χ1) is 10.0. The summed E-state index contributed by atoms with van der Waals surface area (Å²) in [6.07, 6.45) is 2.68. The molecule has 1 aromatic heterocycles. The van der Waals surface area contributed by atoms with E-state index in [-0.39, 0.29) is 17.2 Å². The summed E-state index contributed by atoms with van der Waals surface area (Å²) in [7, 11) is 0. The molecule has 4 nitrogen and oxygen atoms in total. The second kappa shape index (κ2) is 5.35. The third kappa shape index (κ3) is 2.32. The van der Waals surface area contributed by atoms with Crippen molar-refractivity contribution in [1.82, 2.24) is 9.55 Å². The highest BCUT2D eigenvalue weighted by Gasteiger charge is 2.30. The number of hydrogen-bond donors (Lipinski definition) is 1. The monoisotopic (exact) mass is 324 g/mol. The summed E-state index contributed by atoms with van der Waals surface area (Å²) in [4.78, 5) is 16.7. The molecule has 0 aliphatic heterocycles. The number of halogens is 2. The van der Waals surface area contributed by atoms with Crippen LogP contribution in [0.4, 0.5) is 0 Å². The van der Waals surface area contributed by atoms with Crippen molar-refractivity contribution < 1.29 is 5.11 Å². The minimum Gasteiger partial charge on any atom is -0.508 e. The average Bonchev–Trinajstić information content (AvgIpc) is 2.88. The van der Waals surface area contributed by atoms with Crippen molar-refractivity contribution in [2.75, 3.05) is 0 Å². The Balaban J connectivity index is 2.05. The van der Waals surface area contributed by atoms with Gasteiger partial charge >= 0.3 is 0 Å². The number of fused-ring (bicyclic) bond motifs is 1. The number of aromatic nitrogens is 2. The highest BCUT2D eigenvalue weighted by molar-refractivity contribution is 6.42. The summed E-state index contributed by atoms with van der Waals surface area (Å²) in [5.41, 5.74) is 2.08. The zero-order chi connectivity index (χ0) is 15.1. The van der Waals surface area contributed by atoms with E-state index in [4.69, 9.17) is 23.2 Å². The van der Waals surface area contributed by atoms with Gasteiger partial charge in [-0.1, -0.05) is 23.2 Å². The van der Waals surface area contributed by atoms with Gasteiger partial charge in [-0.3, -0.25) is 9.36 Å². The van der Waals surface area contributed by atoms with Crippen LogP contribution in [-0.4, -0.2) is 14.7 Å². The molecule has 1 N–H and O–H groups in total. The third-order valence-corrected chi connectivity index (χ3v) is 4.79. The first-order valence-electron chi connectivity index (χ1n) is 6.77. The summed E-state index contributed by atoms with van der Waals surface area (Å²) in [6.45, 7) is 2.49. The van der Waals surface area contributed by atoms with Gasteiger partial charge in [0, 0.05) is 17.7 Å². The lowest BCUT2D eigenvalue weighted by atomic mass is 9.95. The minimum absolute atomic E-state index is 0.0114. The quantitative estimate of drug-likeness (QED) is 0.923. The molecular weight excluding hydrogens is 311 g/mol. The van der Waals surface area contributed by atoms with Crippen molar-refractivity contribution in [3.05, 3.63) is 55.7 Å². The number of nitrogens with zero attached hydrogens (tertiary/aromatic N) is 2. The molecule has 1 aliphatic rings. The molecule has 0 saturated heterocycles. The van der Waals surface area contributed by atoms with Gasteiger partial charge in [0.1, 0.15) is 5.75 Å². The summed E-state index contributed by atoms with van der Waals surface area (Å²) in [6, 6.07) is 3.09. The fraction of sp³-hybridized carbons (Fsp3) is 0.333. The number of phenols is 1. The van der Waals surface area contributed by atoms with Crippen molar-refractivity contribution in [2.45, 2.75) is 32.2 Å². The summed E-state index contributed by atoms with van der Waals surface area (Å²) >= 11 is 12.3. The van der Waals surface area contributed by atoms with Crippen LogP contribution in [-0.2, 0) is 19.4 Å². The van der Waals surface area contributed by atoms with Crippen LogP contribution in [0.5, 0.6) is 5.75 Å². The summed E-state index contributed by atoms with van der Waals surface area (Å²) in [5.74, 6) is 0.0390. The summed E-state index contributed by atoms with van der Waals surface area (Å²) < 4.78 is 1.58. The molecule has 0 saturated carbocycles. The van der Waals surface area contributed by atoms with Crippen molar-refractivity contribution >= 4 is 23.2 Å². The zero-order valence-corrected chi connectivity index (χ0v) is 12.9. The fourth-order valence-electron chi connectivity index (χ4n) is 2.87. The van der Waals surface area contributed by atoms with Crippen LogP contribution < -0.4 is 5.56 Å². The lowest BCUT2D eigenvalue weighted by Crippen LogP contribution is -2.23. The van der Waals surface area contributed by atoms with E-state index < -0.39 is 0 Å². The molecule has 0 spiro atoms. The first-order valence-corrected chi connectivity index (χ1v) is 7.52. The van der Waals surface area contributed by atoms with Crippen LogP contribution in [0.2, 0.25) is 10.0 Å². The van der Waals surface area contributed by atoms with Gasteiger partial charge in [-0.2, -0.15) is 0 Å². The van der Waals surface area contributed by atoms with Crippen LogP contribution in [0.1, 0.15) is 29.7 Å². The smallest absolute Gasteiger partial charge is 0.256 e. The highest BCUT2D eigenvalue weighted by Crippen LogP contribution is 2.42. The maximum atomic E-state index is 12.3. The molecule has 0 fully saturated rings. The molecular formula is C15H14Cl2N2O2. The Morgan fingerprint density at radius 1 is 1.38 bits per heavy atom. The topological polar surface area (TPSA) is 55.1 Å². The Kier molecular flexibility index (Phi) is 3.68. The van der Waals surface area contributed by atoms with E-state index in [1.54, 1.807) is 17.0 Å². The van der Waals surface area contributed by atoms with Gasteiger partial charge in [-0.25, -0.2) is 4.98 Å². The molecule has 1 heterocycles. The number of rotatable bonds is 2. The van der Waals surface area contributed by atoms with Crippen LogP contribution in [0.25, 0.3) is 0 Å². The number of benzene rings is 1. The number of phenolic OH excluding ortho intramolecular Hbond substituents is 1. The van der Waals surface area contributed by atoms with Crippen molar-refractivity contribution in [3.8, 4) is 5.75 Å². The number of hydrogen-bond acceptors (Lipinski definition) is 3. The van der Waals surface area contributed by atoms with Crippen LogP contribution >= 0.6 is 23.2 Å². The molecule has 1 aromatic carbocycles. The molecule has 1 atom stereocenters. The third-order valence-electron chi connectivity index (χ3n) is 3.97. The summed E-state index contributed by atoms with van der Waals surface area (Å²) in [5, 5.41) is 10.8. The first kappa shape index (κ1) is 14.4. The van der Waals surface area contributed by atoms with E-state index in [2.05, 4.69) is 4.98 Å². The van der Waals surface area contributed by atoms with Gasteiger partial charge in [0.25, 0.3) is 5.56 Å². The van der Waals surface area contributed by atoms with Crippen LogP contribution in [0, 0.1) is 0 Å². The molecule has 21 heavy (non-hydrogen) atoms. The van der Waals surface area contributed by atoms with E-state index in [9.17, 15) is 9.90 Å². The molecule has 0 amide bonds. The Morgan fingerprint density at radius 3 is 2.86 bits per heavy atom. The fourth-order valence-corrected chi connectivity index (χ4v) is 3.35. The van der Waals surface area contributed by atoms with Gasteiger partial charge in [0.2, 0.25) is 0 Å². The van der Waals surface area contributed by atoms with E-state index in [0.717, 1.165) is 5.69 Å². The maximum Gasteiger partial charge on any atom is 0.256 e. The largest absolute Gasteiger partial charge is 0.508 e. The predicted octanol–water partition coefficient (Wildman–Crippen LogP) is 3.16. The second-order valence-corrected chi connectivity index (χ2v) is 5.95. The van der Waals surface area contributed by atoms with Crippen molar-refractivity contribution in [2.24, 2.45) is 0 Å². The molecule has 3 rings (SSSR count).